The van der Waals surface area contributed by atoms with Crippen LogP contribution in [-0.4, -0.2) is 53.9 Å². The average molecular weight is 379 g/mol. The molecule has 0 aliphatic carbocycles. The van der Waals surface area contributed by atoms with Gasteiger partial charge in [-0.2, -0.15) is 9.57 Å². The van der Waals surface area contributed by atoms with Crippen LogP contribution in [0.2, 0.25) is 5.15 Å². The zero-order valence-corrected chi connectivity index (χ0v) is 15.0. The van der Waals surface area contributed by atoms with Crippen LogP contribution in [0, 0.1) is 18.3 Å². The molecule has 2 aromatic rings. The number of anilines is 1. The van der Waals surface area contributed by atoms with E-state index in [0.717, 1.165) is 0 Å². The Kier molecular flexibility index (Phi) is 4.85. The van der Waals surface area contributed by atoms with Gasteiger partial charge < -0.3 is 4.90 Å². The van der Waals surface area contributed by atoms with Crippen LogP contribution in [-0.2, 0) is 10.0 Å². The molecule has 10 heteroatoms. The lowest BCUT2D eigenvalue weighted by molar-refractivity contribution is 0.382. The first kappa shape index (κ1) is 17.5. The summed E-state index contributed by atoms with van der Waals surface area (Å²) >= 11 is 5.71. The number of halogens is 1. The smallest absolute Gasteiger partial charge is 0.244 e. The number of aryl methyl sites for hydroxylation is 1. The molecule has 0 radical (unpaired) electrons. The maximum absolute atomic E-state index is 12.6. The predicted molar refractivity (Wildman–Crippen MR) is 91.7 cm³/mol. The van der Waals surface area contributed by atoms with Gasteiger partial charge in [0, 0.05) is 38.1 Å². The first-order valence-corrected chi connectivity index (χ1v) is 9.34. The van der Waals surface area contributed by atoms with Crippen molar-refractivity contribution in [2.75, 3.05) is 31.1 Å². The molecule has 0 N–H and O–H groups in total. The maximum Gasteiger partial charge on any atom is 0.244 e. The second-order valence-corrected chi connectivity index (χ2v) is 7.84. The largest absolute Gasteiger partial charge is 0.338 e. The fourth-order valence-electron chi connectivity index (χ4n) is 2.54. The van der Waals surface area contributed by atoms with Crippen molar-refractivity contribution >= 4 is 27.6 Å². The minimum atomic E-state index is -3.61. The van der Waals surface area contributed by atoms with E-state index in [2.05, 4.69) is 15.0 Å². The number of pyridine rings is 1. The van der Waals surface area contributed by atoms with Gasteiger partial charge in [-0.25, -0.2) is 23.4 Å². The summed E-state index contributed by atoms with van der Waals surface area (Å²) in [6, 6.07) is 6.51. The van der Waals surface area contributed by atoms with Gasteiger partial charge in [0.2, 0.25) is 16.0 Å². The second-order valence-electron chi connectivity index (χ2n) is 5.51. The molecular weight excluding hydrogens is 364 g/mol. The van der Waals surface area contributed by atoms with Crippen LogP contribution in [0.3, 0.4) is 0 Å². The number of piperazine rings is 1. The van der Waals surface area contributed by atoms with E-state index in [1.165, 1.54) is 22.6 Å². The van der Waals surface area contributed by atoms with E-state index in [-0.39, 0.29) is 10.0 Å². The predicted octanol–water partition coefficient (Wildman–Crippen LogP) is 1.22. The van der Waals surface area contributed by atoms with Crippen LogP contribution < -0.4 is 4.90 Å². The van der Waals surface area contributed by atoms with Crippen molar-refractivity contribution in [2.45, 2.75) is 11.8 Å². The third-order valence-electron chi connectivity index (χ3n) is 3.82. The lowest BCUT2D eigenvalue weighted by Crippen LogP contribution is -2.49. The minimum Gasteiger partial charge on any atom is -0.338 e. The molecule has 0 amide bonds. The quantitative estimate of drug-likeness (QED) is 0.739. The van der Waals surface area contributed by atoms with Gasteiger partial charge in [0.1, 0.15) is 21.8 Å². The molecule has 3 heterocycles. The van der Waals surface area contributed by atoms with E-state index in [4.69, 9.17) is 16.9 Å². The minimum absolute atomic E-state index is 0.115. The Hall–Kier alpha value is -2.28. The third-order valence-corrected chi connectivity index (χ3v) is 5.92. The van der Waals surface area contributed by atoms with Crippen LogP contribution in [0.25, 0.3) is 0 Å². The topological polar surface area (TPSA) is 103 Å². The molecule has 0 bridgehead atoms. The highest BCUT2D eigenvalue weighted by atomic mass is 35.5. The summed E-state index contributed by atoms with van der Waals surface area (Å²) < 4.78 is 26.7. The van der Waals surface area contributed by atoms with Gasteiger partial charge in [-0.3, -0.25) is 0 Å². The van der Waals surface area contributed by atoms with Crippen LogP contribution >= 0.6 is 11.6 Å². The molecule has 1 aliphatic rings. The molecule has 25 heavy (non-hydrogen) atoms. The summed E-state index contributed by atoms with van der Waals surface area (Å²) in [4.78, 5) is 14.3. The standard InChI is InChI=1S/C15H15ClN6O2S/c1-11-8-12(9-17)20-15(19-11)21-4-6-22(7-5-21)25(23,24)13-2-3-14(16)18-10-13/h2-3,8,10H,4-7H2,1H3. The Balaban J connectivity index is 1.74. The van der Waals surface area contributed by atoms with Crippen molar-refractivity contribution in [1.82, 2.24) is 19.3 Å². The van der Waals surface area contributed by atoms with Crippen LogP contribution in [0.1, 0.15) is 11.4 Å². The molecule has 8 nitrogen and oxygen atoms in total. The zero-order valence-electron chi connectivity index (χ0n) is 13.4. The molecule has 1 aliphatic heterocycles. The van der Waals surface area contributed by atoms with Gasteiger partial charge in [-0.05, 0) is 25.1 Å². The highest BCUT2D eigenvalue weighted by Crippen LogP contribution is 2.20. The molecule has 0 aromatic carbocycles. The molecule has 0 unspecified atom stereocenters. The number of rotatable bonds is 3. The van der Waals surface area contributed by atoms with Crippen molar-refractivity contribution in [3.8, 4) is 6.07 Å². The van der Waals surface area contributed by atoms with Gasteiger partial charge in [0.05, 0.1) is 0 Å². The fourth-order valence-corrected chi connectivity index (χ4v) is 4.02. The second kappa shape index (κ2) is 6.92. The number of nitrogens with zero attached hydrogens (tertiary/aromatic N) is 6. The highest BCUT2D eigenvalue weighted by Gasteiger charge is 2.29. The Morgan fingerprint density at radius 3 is 2.52 bits per heavy atom. The van der Waals surface area contributed by atoms with Crippen molar-refractivity contribution in [1.29, 1.82) is 5.26 Å². The first-order chi connectivity index (χ1) is 11.9. The van der Waals surface area contributed by atoms with Crippen molar-refractivity contribution in [3.63, 3.8) is 0 Å². The Morgan fingerprint density at radius 2 is 1.92 bits per heavy atom. The summed E-state index contributed by atoms with van der Waals surface area (Å²) in [6.45, 7) is 3.26. The molecule has 0 atom stereocenters. The number of aromatic nitrogens is 3. The van der Waals surface area contributed by atoms with Crippen LogP contribution in [0.15, 0.2) is 29.3 Å². The Labute approximate surface area is 150 Å². The van der Waals surface area contributed by atoms with Crippen molar-refractivity contribution in [2.24, 2.45) is 0 Å². The number of hydrogen-bond acceptors (Lipinski definition) is 7. The SMILES string of the molecule is Cc1cc(C#N)nc(N2CCN(S(=O)(=O)c3ccc(Cl)nc3)CC2)n1. The maximum atomic E-state index is 12.6. The van der Waals surface area contributed by atoms with Crippen molar-refractivity contribution in [3.05, 3.63) is 40.9 Å². The molecule has 0 spiro atoms. The molecule has 0 saturated carbocycles. The van der Waals surface area contributed by atoms with Gasteiger partial charge in [0.25, 0.3) is 0 Å². The molecule has 3 rings (SSSR count). The van der Waals surface area contributed by atoms with E-state index in [1.54, 1.807) is 13.0 Å². The van der Waals surface area contributed by atoms with E-state index < -0.39 is 10.0 Å². The summed E-state index contributed by atoms with van der Waals surface area (Å²) in [5.41, 5.74) is 0.994. The fraction of sp³-hybridized carbons (Fsp3) is 0.333. The van der Waals surface area contributed by atoms with Gasteiger partial charge >= 0.3 is 0 Å². The van der Waals surface area contributed by atoms with E-state index in [1.807, 2.05) is 11.0 Å². The van der Waals surface area contributed by atoms with Crippen LogP contribution in [0.5, 0.6) is 0 Å². The van der Waals surface area contributed by atoms with E-state index in [9.17, 15) is 8.42 Å². The average Bonchev–Trinajstić information content (AvgIpc) is 2.61. The molecule has 1 saturated heterocycles. The summed E-state index contributed by atoms with van der Waals surface area (Å²) in [5.74, 6) is 0.446. The van der Waals surface area contributed by atoms with Crippen LogP contribution in [0.4, 0.5) is 5.95 Å². The molecular formula is C15H15ClN6O2S. The Bertz CT molecular complexity index is 918. The first-order valence-electron chi connectivity index (χ1n) is 7.52. The van der Waals surface area contributed by atoms with E-state index >= 15 is 0 Å². The molecule has 130 valence electrons. The highest BCUT2D eigenvalue weighted by molar-refractivity contribution is 7.89. The summed E-state index contributed by atoms with van der Waals surface area (Å²) in [7, 11) is -3.61. The van der Waals surface area contributed by atoms with Crippen molar-refractivity contribution < 1.29 is 8.42 Å². The third kappa shape index (κ3) is 3.71. The Morgan fingerprint density at radius 1 is 1.20 bits per heavy atom. The number of nitriles is 1. The van der Waals surface area contributed by atoms with Gasteiger partial charge in [0.15, 0.2) is 0 Å². The summed E-state index contributed by atoms with van der Waals surface area (Å²) in [5, 5.41) is 9.26. The number of hydrogen-bond donors (Lipinski definition) is 0. The normalized spacial score (nSPS) is 15.8. The van der Waals surface area contributed by atoms with Gasteiger partial charge in [-0.1, -0.05) is 11.6 Å². The summed E-state index contributed by atoms with van der Waals surface area (Å²) in [6.07, 6.45) is 1.26. The number of sulfonamides is 1. The lowest BCUT2D eigenvalue weighted by Gasteiger charge is -2.34. The van der Waals surface area contributed by atoms with E-state index in [0.29, 0.717) is 43.5 Å². The van der Waals surface area contributed by atoms with Gasteiger partial charge in [-0.15, -0.1) is 0 Å². The molecule has 2 aromatic heterocycles. The zero-order chi connectivity index (χ0) is 18.0. The molecule has 1 fully saturated rings. The lowest BCUT2D eigenvalue weighted by atomic mass is 10.3. The monoisotopic (exact) mass is 378 g/mol.